The van der Waals surface area contributed by atoms with Gasteiger partial charge in [-0.1, -0.05) is 54.2 Å². The quantitative estimate of drug-likeness (QED) is 0.648. The highest BCUT2D eigenvalue weighted by atomic mass is 32.2. The second-order valence-electron chi connectivity index (χ2n) is 5.60. The smallest absolute Gasteiger partial charge is 0.230 e. The number of halogens is 1. The number of rotatable bonds is 7. The van der Waals surface area contributed by atoms with Crippen molar-refractivity contribution < 1.29 is 9.18 Å². The third-order valence-corrected chi connectivity index (χ3v) is 4.69. The summed E-state index contributed by atoms with van der Waals surface area (Å²) in [7, 11) is 0. The van der Waals surface area contributed by atoms with Gasteiger partial charge in [-0.3, -0.25) is 9.36 Å². The average molecular weight is 370 g/mol. The molecule has 0 saturated carbocycles. The van der Waals surface area contributed by atoms with Crippen molar-refractivity contribution in [1.82, 2.24) is 20.1 Å². The molecular formula is C19H19FN4OS. The molecule has 0 bridgehead atoms. The number of benzene rings is 2. The van der Waals surface area contributed by atoms with Crippen LogP contribution in [0.25, 0.3) is 11.4 Å². The molecule has 1 N–H and O–H groups in total. The first-order valence-corrected chi connectivity index (χ1v) is 9.29. The number of carbonyl (C=O) groups excluding carboxylic acids is 1. The Hall–Kier alpha value is -2.67. The fourth-order valence-electron chi connectivity index (χ4n) is 2.52. The Morgan fingerprint density at radius 3 is 2.58 bits per heavy atom. The molecular weight excluding hydrogens is 351 g/mol. The second kappa shape index (κ2) is 8.62. The Bertz CT molecular complexity index is 882. The number of nitrogens with one attached hydrogen (secondary N) is 1. The number of nitrogens with zero attached hydrogens (tertiary/aromatic N) is 3. The molecule has 134 valence electrons. The number of carbonyl (C=O) groups is 1. The molecule has 3 aromatic rings. The van der Waals surface area contributed by atoms with E-state index in [1.165, 1.54) is 17.8 Å². The summed E-state index contributed by atoms with van der Waals surface area (Å²) < 4.78 is 16.1. The van der Waals surface area contributed by atoms with Gasteiger partial charge in [-0.25, -0.2) is 4.39 Å². The molecule has 26 heavy (non-hydrogen) atoms. The summed E-state index contributed by atoms with van der Waals surface area (Å²) in [5, 5.41) is 11.7. The van der Waals surface area contributed by atoms with Crippen LogP contribution in [0.2, 0.25) is 0 Å². The van der Waals surface area contributed by atoms with Crippen LogP contribution in [-0.2, 0) is 11.3 Å². The van der Waals surface area contributed by atoms with E-state index in [0.717, 1.165) is 5.56 Å². The molecule has 3 rings (SSSR count). The zero-order valence-corrected chi connectivity index (χ0v) is 15.2. The van der Waals surface area contributed by atoms with Gasteiger partial charge < -0.3 is 5.32 Å². The van der Waals surface area contributed by atoms with Crippen molar-refractivity contribution in [2.75, 3.05) is 12.3 Å². The first-order valence-electron chi connectivity index (χ1n) is 8.30. The van der Waals surface area contributed by atoms with Crippen molar-refractivity contribution >= 4 is 17.7 Å². The van der Waals surface area contributed by atoms with E-state index >= 15 is 0 Å². The number of hydrogen-bond donors (Lipinski definition) is 1. The predicted molar refractivity (Wildman–Crippen MR) is 100 cm³/mol. The molecule has 7 heteroatoms. The Morgan fingerprint density at radius 1 is 1.12 bits per heavy atom. The maximum absolute atomic E-state index is 14.3. The van der Waals surface area contributed by atoms with E-state index in [1.54, 1.807) is 18.2 Å². The van der Waals surface area contributed by atoms with E-state index in [1.807, 2.05) is 41.8 Å². The lowest BCUT2D eigenvalue weighted by Crippen LogP contribution is -2.24. The normalized spacial score (nSPS) is 10.7. The maximum Gasteiger partial charge on any atom is 0.230 e. The molecule has 0 radical (unpaired) electrons. The Labute approximate surface area is 155 Å². The molecule has 0 fully saturated rings. The summed E-state index contributed by atoms with van der Waals surface area (Å²) in [6, 6.07) is 16.3. The van der Waals surface area contributed by atoms with Gasteiger partial charge in [0.25, 0.3) is 0 Å². The molecule has 0 aliphatic rings. The zero-order valence-electron chi connectivity index (χ0n) is 14.4. The number of amides is 1. The van der Waals surface area contributed by atoms with E-state index in [9.17, 15) is 9.18 Å². The molecule has 5 nitrogen and oxygen atoms in total. The number of aromatic nitrogens is 3. The lowest BCUT2D eigenvalue weighted by molar-refractivity contribution is -0.118. The predicted octanol–water partition coefficient (Wildman–Crippen LogP) is 3.36. The first-order chi connectivity index (χ1) is 12.7. The zero-order chi connectivity index (χ0) is 18.4. The van der Waals surface area contributed by atoms with Gasteiger partial charge in [-0.2, -0.15) is 0 Å². The largest absolute Gasteiger partial charge is 0.356 e. The van der Waals surface area contributed by atoms with Crippen molar-refractivity contribution in [1.29, 1.82) is 0 Å². The molecule has 2 aromatic carbocycles. The van der Waals surface area contributed by atoms with Gasteiger partial charge in [-0.15, -0.1) is 10.2 Å². The lowest BCUT2D eigenvalue weighted by Gasteiger charge is -2.11. The number of thioether (sulfide) groups is 1. The van der Waals surface area contributed by atoms with E-state index < -0.39 is 0 Å². The standard InChI is InChI=1S/C19H19FN4OS/c1-2-21-17(25)13-26-19-23-22-18(15-10-6-7-11-16(15)20)24(19)12-14-8-4-3-5-9-14/h3-11H,2,12-13H2,1H3,(H,21,25). The minimum absolute atomic E-state index is 0.0702. The van der Waals surface area contributed by atoms with Gasteiger partial charge in [0.1, 0.15) is 5.82 Å². The fourth-order valence-corrected chi connectivity index (χ4v) is 3.29. The molecule has 0 spiro atoms. The first kappa shape index (κ1) is 18.1. The third-order valence-electron chi connectivity index (χ3n) is 3.72. The highest BCUT2D eigenvalue weighted by molar-refractivity contribution is 7.99. The molecule has 0 unspecified atom stereocenters. The topological polar surface area (TPSA) is 59.8 Å². The summed E-state index contributed by atoms with van der Waals surface area (Å²) in [5.74, 6) is 0.261. The van der Waals surface area contributed by atoms with E-state index in [0.29, 0.717) is 29.6 Å². The summed E-state index contributed by atoms with van der Waals surface area (Å²) in [4.78, 5) is 11.8. The van der Waals surface area contributed by atoms with Gasteiger partial charge in [-0.05, 0) is 24.6 Å². The van der Waals surface area contributed by atoms with E-state index in [2.05, 4.69) is 15.5 Å². The number of hydrogen-bond acceptors (Lipinski definition) is 4. The van der Waals surface area contributed by atoms with Crippen LogP contribution < -0.4 is 5.32 Å². The minimum atomic E-state index is -0.352. The van der Waals surface area contributed by atoms with Crippen LogP contribution in [0.1, 0.15) is 12.5 Å². The molecule has 1 heterocycles. The molecule has 0 saturated heterocycles. The third kappa shape index (κ3) is 4.29. The molecule has 0 aliphatic carbocycles. The molecule has 0 atom stereocenters. The van der Waals surface area contributed by atoms with Crippen LogP contribution in [0, 0.1) is 5.82 Å². The van der Waals surface area contributed by atoms with Crippen molar-refractivity contribution in [2.45, 2.75) is 18.6 Å². The summed E-state index contributed by atoms with van der Waals surface area (Å²) >= 11 is 1.29. The summed E-state index contributed by atoms with van der Waals surface area (Å²) in [6.07, 6.45) is 0. The summed E-state index contributed by atoms with van der Waals surface area (Å²) in [6.45, 7) is 2.95. The van der Waals surface area contributed by atoms with Crippen LogP contribution in [0.4, 0.5) is 4.39 Å². The van der Waals surface area contributed by atoms with Gasteiger partial charge in [0, 0.05) is 6.54 Å². The van der Waals surface area contributed by atoms with Gasteiger partial charge in [0.05, 0.1) is 17.9 Å². The van der Waals surface area contributed by atoms with E-state index in [-0.39, 0.29) is 17.5 Å². The fraction of sp³-hybridized carbons (Fsp3) is 0.211. The van der Waals surface area contributed by atoms with Crippen LogP contribution in [0.15, 0.2) is 59.8 Å². The SMILES string of the molecule is CCNC(=O)CSc1nnc(-c2ccccc2F)n1Cc1ccccc1. The van der Waals surface area contributed by atoms with Gasteiger partial charge in [0.2, 0.25) is 5.91 Å². The minimum Gasteiger partial charge on any atom is -0.356 e. The van der Waals surface area contributed by atoms with Crippen LogP contribution >= 0.6 is 11.8 Å². The highest BCUT2D eigenvalue weighted by Crippen LogP contribution is 2.26. The maximum atomic E-state index is 14.3. The Kier molecular flexibility index (Phi) is 6.01. The van der Waals surface area contributed by atoms with Crippen LogP contribution in [-0.4, -0.2) is 33.0 Å². The van der Waals surface area contributed by atoms with Gasteiger partial charge in [0.15, 0.2) is 11.0 Å². The molecule has 1 aromatic heterocycles. The Morgan fingerprint density at radius 2 is 1.85 bits per heavy atom. The average Bonchev–Trinajstić information content (AvgIpc) is 3.04. The van der Waals surface area contributed by atoms with Crippen molar-refractivity contribution in [3.05, 3.63) is 66.0 Å². The van der Waals surface area contributed by atoms with Crippen molar-refractivity contribution in [3.63, 3.8) is 0 Å². The van der Waals surface area contributed by atoms with Crippen molar-refractivity contribution in [3.8, 4) is 11.4 Å². The van der Waals surface area contributed by atoms with Gasteiger partial charge >= 0.3 is 0 Å². The van der Waals surface area contributed by atoms with Crippen molar-refractivity contribution in [2.24, 2.45) is 0 Å². The summed E-state index contributed by atoms with van der Waals surface area (Å²) in [5.41, 5.74) is 1.44. The Balaban J connectivity index is 1.94. The van der Waals surface area contributed by atoms with E-state index in [4.69, 9.17) is 0 Å². The van der Waals surface area contributed by atoms with Crippen LogP contribution in [0.3, 0.4) is 0 Å². The lowest BCUT2D eigenvalue weighted by atomic mass is 10.2. The molecule has 1 amide bonds. The molecule has 0 aliphatic heterocycles. The highest BCUT2D eigenvalue weighted by Gasteiger charge is 2.18. The van der Waals surface area contributed by atoms with Crippen LogP contribution in [0.5, 0.6) is 0 Å². The second-order valence-corrected chi connectivity index (χ2v) is 6.54. The monoisotopic (exact) mass is 370 g/mol.